The second-order valence-corrected chi connectivity index (χ2v) is 8.34. The van der Waals surface area contributed by atoms with Crippen LogP contribution in [0.5, 0.6) is 5.75 Å². The van der Waals surface area contributed by atoms with Crippen molar-refractivity contribution in [2.24, 2.45) is 0 Å². The molecule has 0 unspecified atom stereocenters. The molecule has 3 aromatic rings. The summed E-state index contributed by atoms with van der Waals surface area (Å²) < 4.78 is 5.96. The Kier molecular flexibility index (Phi) is 10.4. The quantitative estimate of drug-likeness (QED) is 0.413. The van der Waals surface area contributed by atoms with Crippen molar-refractivity contribution in [1.29, 1.82) is 0 Å². The molecule has 0 spiro atoms. The number of aryl methyl sites for hydroxylation is 2. The summed E-state index contributed by atoms with van der Waals surface area (Å²) in [7, 11) is 0. The minimum Gasteiger partial charge on any atom is -0.493 e. The zero-order chi connectivity index (χ0) is 20.8. The summed E-state index contributed by atoms with van der Waals surface area (Å²) in [5.74, 6) is 0.971. The highest BCUT2D eigenvalue weighted by molar-refractivity contribution is 5.85. The first kappa shape index (κ1) is 26.1. The lowest BCUT2D eigenvalue weighted by Crippen LogP contribution is -2.45. The van der Waals surface area contributed by atoms with Crippen LogP contribution in [-0.2, 0) is 13.0 Å². The number of rotatable bonds is 7. The Labute approximate surface area is 205 Å². The van der Waals surface area contributed by atoms with Gasteiger partial charge in [0.15, 0.2) is 0 Å². The van der Waals surface area contributed by atoms with E-state index >= 15 is 0 Å². The fourth-order valence-corrected chi connectivity index (χ4v) is 4.18. The Morgan fingerprint density at radius 1 is 0.719 bits per heavy atom. The molecule has 1 aliphatic rings. The molecule has 0 aliphatic carbocycles. The Hall–Kier alpha value is -2.20. The third-order valence-electron chi connectivity index (χ3n) is 5.78. The maximum Gasteiger partial charge on any atom is 0.119 e. The van der Waals surface area contributed by atoms with Gasteiger partial charge in [0, 0.05) is 44.8 Å². The van der Waals surface area contributed by atoms with Gasteiger partial charge in [0.05, 0.1) is 6.61 Å². The monoisotopic (exact) mass is 472 g/mol. The minimum absolute atomic E-state index is 0. The molecule has 3 nitrogen and oxygen atoms in total. The lowest BCUT2D eigenvalue weighted by molar-refractivity contribution is 0.250. The second kappa shape index (κ2) is 12.7. The molecule has 3 aromatic carbocycles. The van der Waals surface area contributed by atoms with E-state index in [0.29, 0.717) is 6.61 Å². The van der Waals surface area contributed by atoms with Gasteiger partial charge in [-0.25, -0.2) is 0 Å². The maximum absolute atomic E-state index is 5.96. The third-order valence-corrected chi connectivity index (χ3v) is 5.78. The Balaban J connectivity index is 0.00000181. The lowest BCUT2D eigenvalue weighted by atomic mass is 10.1. The summed E-state index contributed by atoms with van der Waals surface area (Å²) in [6.07, 6.45) is 0.934. The van der Waals surface area contributed by atoms with E-state index in [4.69, 9.17) is 4.74 Å². The number of ether oxygens (including phenoxy) is 1. The number of benzene rings is 3. The Bertz CT molecular complexity index is 919. The van der Waals surface area contributed by atoms with Crippen LogP contribution in [0.1, 0.15) is 22.3 Å². The van der Waals surface area contributed by atoms with E-state index in [-0.39, 0.29) is 24.8 Å². The molecule has 0 saturated carbocycles. The van der Waals surface area contributed by atoms with E-state index in [1.807, 2.05) is 0 Å². The molecule has 32 heavy (non-hydrogen) atoms. The van der Waals surface area contributed by atoms with Gasteiger partial charge in [0.2, 0.25) is 0 Å². The lowest BCUT2D eigenvalue weighted by Gasteiger charge is -2.36. The number of piperazine rings is 1. The molecule has 0 bridgehead atoms. The average molecular weight is 473 g/mol. The summed E-state index contributed by atoms with van der Waals surface area (Å²) >= 11 is 0. The number of nitrogens with zero attached hydrogens (tertiary/aromatic N) is 2. The highest BCUT2D eigenvalue weighted by Gasteiger charge is 2.17. The van der Waals surface area contributed by atoms with Crippen LogP contribution in [0.2, 0.25) is 0 Å². The predicted octanol–water partition coefficient (Wildman–Crippen LogP) is 6.09. The molecule has 4 rings (SSSR count). The Morgan fingerprint density at radius 3 is 1.94 bits per heavy atom. The molecular formula is C27H34Cl2N2O. The van der Waals surface area contributed by atoms with Gasteiger partial charge in [0.25, 0.3) is 0 Å². The molecule has 1 fully saturated rings. The summed E-state index contributed by atoms with van der Waals surface area (Å²) in [5, 5.41) is 0. The van der Waals surface area contributed by atoms with Crippen molar-refractivity contribution in [2.75, 3.05) is 37.7 Å². The average Bonchev–Trinajstić information content (AvgIpc) is 2.75. The summed E-state index contributed by atoms with van der Waals surface area (Å²) in [6, 6.07) is 26.2. The fraction of sp³-hybridized carbons (Fsp3) is 0.333. The second-order valence-electron chi connectivity index (χ2n) is 8.34. The first-order valence-electron chi connectivity index (χ1n) is 11.0. The van der Waals surface area contributed by atoms with Gasteiger partial charge >= 0.3 is 0 Å². The summed E-state index contributed by atoms with van der Waals surface area (Å²) in [6.45, 7) is 10.4. The van der Waals surface area contributed by atoms with Crippen LogP contribution in [0.3, 0.4) is 0 Å². The molecule has 5 heteroatoms. The largest absolute Gasteiger partial charge is 0.493 e. The molecule has 0 aromatic heterocycles. The molecule has 0 radical (unpaired) electrons. The van der Waals surface area contributed by atoms with Crippen LogP contribution in [-0.4, -0.2) is 37.7 Å². The molecule has 0 amide bonds. The smallest absolute Gasteiger partial charge is 0.119 e. The standard InChI is InChI=1S/C27H32N2O.2ClH/c1-22-18-23(2)20-27(19-22)30-17-12-24-8-10-25(11-9-24)21-28-13-15-29(16-14-28)26-6-4-3-5-7-26;;/h3-11,18-20H,12-17,21H2,1-2H3;2*1H. The van der Waals surface area contributed by atoms with Crippen LogP contribution in [0.4, 0.5) is 5.69 Å². The molecule has 1 heterocycles. The normalized spacial score (nSPS) is 13.8. The predicted molar refractivity (Wildman–Crippen MR) is 140 cm³/mol. The van der Waals surface area contributed by atoms with Crippen LogP contribution < -0.4 is 9.64 Å². The zero-order valence-corrected chi connectivity index (χ0v) is 20.6. The van der Waals surface area contributed by atoms with Gasteiger partial charge in [-0.05, 0) is 60.4 Å². The zero-order valence-electron chi connectivity index (χ0n) is 19.0. The Morgan fingerprint density at radius 2 is 1.31 bits per heavy atom. The molecule has 172 valence electrons. The number of para-hydroxylation sites is 1. The first-order chi connectivity index (χ1) is 14.7. The van der Waals surface area contributed by atoms with Crippen molar-refractivity contribution in [3.63, 3.8) is 0 Å². The number of hydrogen-bond donors (Lipinski definition) is 0. The minimum atomic E-state index is 0. The SMILES string of the molecule is Cc1cc(C)cc(OCCc2ccc(CN3CCN(c4ccccc4)CC3)cc2)c1.Cl.Cl. The maximum atomic E-state index is 5.96. The van der Waals surface area contributed by atoms with E-state index in [9.17, 15) is 0 Å². The van der Waals surface area contributed by atoms with Gasteiger partial charge in [-0.15, -0.1) is 24.8 Å². The van der Waals surface area contributed by atoms with Gasteiger partial charge in [-0.2, -0.15) is 0 Å². The molecule has 0 atom stereocenters. The van der Waals surface area contributed by atoms with E-state index in [1.54, 1.807) is 0 Å². The van der Waals surface area contributed by atoms with Crippen LogP contribution in [0.25, 0.3) is 0 Å². The van der Waals surface area contributed by atoms with Crippen molar-refractivity contribution >= 4 is 30.5 Å². The first-order valence-corrected chi connectivity index (χ1v) is 11.0. The third kappa shape index (κ3) is 7.44. The molecule has 0 N–H and O–H groups in total. The van der Waals surface area contributed by atoms with Crippen molar-refractivity contribution in [1.82, 2.24) is 4.90 Å². The van der Waals surface area contributed by atoms with Crippen LogP contribution >= 0.6 is 24.8 Å². The van der Waals surface area contributed by atoms with Crippen molar-refractivity contribution < 1.29 is 4.74 Å². The molecule has 1 aliphatic heterocycles. The van der Waals surface area contributed by atoms with Crippen molar-refractivity contribution in [3.8, 4) is 5.75 Å². The van der Waals surface area contributed by atoms with Gasteiger partial charge in [-0.1, -0.05) is 48.5 Å². The van der Waals surface area contributed by atoms with Gasteiger partial charge < -0.3 is 9.64 Å². The number of anilines is 1. The number of hydrogen-bond acceptors (Lipinski definition) is 3. The summed E-state index contributed by atoms with van der Waals surface area (Å²) in [4.78, 5) is 5.03. The van der Waals surface area contributed by atoms with Gasteiger partial charge in [-0.3, -0.25) is 4.90 Å². The highest BCUT2D eigenvalue weighted by Crippen LogP contribution is 2.18. The molecular weight excluding hydrogens is 439 g/mol. The van der Waals surface area contributed by atoms with Crippen LogP contribution in [0.15, 0.2) is 72.8 Å². The van der Waals surface area contributed by atoms with Crippen LogP contribution in [0, 0.1) is 13.8 Å². The van der Waals surface area contributed by atoms with E-state index in [0.717, 1.165) is 44.9 Å². The van der Waals surface area contributed by atoms with E-state index in [1.165, 1.54) is 27.9 Å². The molecule has 1 saturated heterocycles. The highest BCUT2D eigenvalue weighted by atomic mass is 35.5. The number of halogens is 2. The fourth-order valence-electron chi connectivity index (χ4n) is 4.18. The summed E-state index contributed by atoms with van der Waals surface area (Å²) in [5.41, 5.74) is 6.56. The van der Waals surface area contributed by atoms with Crippen molar-refractivity contribution in [3.05, 3.63) is 95.1 Å². The van der Waals surface area contributed by atoms with Crippen molar-refractivity contribution in [2.45, 2.75) is 26.8 Å². The van der Waals surface area contributed by atoms with Gasteiger partial charge in [0.1, 0.15) is 5.75 Å². The van der Waals surface area contributed by atoms with E-state index < -0.39 is 0 Å². The topological polar surface area (TPSA) is 15.7 Å². The van der Waals surface area contributed by atoms with E-state index in [2.05, 4.69) is 96.4 Å².